The van der Waals surface area contributed by atoms with Crippen LogP contribution >= 0.6 is 22.9 Å². The molecule has 1 aromatic rings. The van der Waals surface area contributed by atoms with Gasteiger partial charge in [-0.05, 0) is 37.8 Å². The summed E-state index contributed by atoms with van der Waals surface area (Å²) < 4.78 is 27.5. The lowest BCUT2D eigenvalue weighted by Gasteiger charge is -2.21. The molecule has 3 rings (SSSR count). The Morgan fingerprint density at radius 1 is 1.50 bits per heavy atom. The minimum Gasteiger partial charge on any atom is -0.481 e. The number of fused-ring (bicyclic) bond motifs is 2. The molecule has 0 saturated carbocycles. The van der Waals surface area contributed by atoms with Gasteiger partial charge in [-0.15, -0.1) is 11.3 Å². The van der Waals surface area contributed by atoms with Gasteiger partial charge >= 0.3 is 5.97 Å². The predicted octanol–water partition coefficient (Wildman–Crippen LogP) is 2.34. The molecule has 0 unspecified atom stereocenters. The zero-order chi connectivity index (χ0) is 14.7. The fourth-order valence-corrected chi connectivity index (χ4v) is 6.97. The smallest absolute Gasteiger partial charge is 0.308 e. The maximum absolute atomic E-state index is 12.7. The Kier molecular flexibility index (Phi) is 3.36. The number of carbonyl (C=O) groups is 1. The maximum Gasteiger partial charge on any atom is 0.308 e. The number of carboxylic acids is 1. The summed E-state index contributed by atoms with van der Waals surface area (Å²) in [4.78, 5) is 11.2. The summed E-state index contributed by atoms with van der Waals surface area (Å²) in [6.07, 6.45) is 1.78. The summed E-state index contributed by atoms with van der Waals surface area (Å²) in [6, 6.07) is 0.964. The summed E-state index contributed by atoms with van der Waals surface area (Å²) in [6.45, 7) is 1.76. The molecule has 0 aromatic carbocycles. The lowest BCUT2D eigenvalue weighted by molar-refractivity contribution is -0.142. The van der Waals surface area contributed by atoms with Crippen LogP contribution in [0, 0.1) is 12.8 Å². The average Bonchev–Trinajstić information content (AvgIpc) is 3.03. The van der Waals surface area contributed by atoms with Gasteiger partial charge < -0.3 is 5.11 Å². The van der Waals surface area contributed by atoms with Crippen LogP contribution in [0.2, 0.25) is 4.34 Å². The van der Waals surface area contributed by atoms with Crippen LogP contribution in [0.5, 0.6) is 0 Å². The molecule has 3 heterocycles. The van der Waals surface area contributed by atoms with Crippen LogP contribution in [0.25, 0.3) is 0 Å². The number of carboxylic acid groups (broad SMARTS) is 1. The maximum atomic E-state index is 12.7. The summed E-state index contributed by atoms with van der Waals surface area (Å²) in [5, 5.41) is 9.20. The van der Waals surface area contributed by atoms with E-state index in [4.69, 9.17) is 11.6 Å². The molecule has 0 amide bonds. The third-order valence-electron chi connectivity index (χ3n) is 4.16. The highest BCUT2D eigenvalue weighted by Gasteiger charge is 2.54. The van der Waals surface area contributed by atoms with E-state index in [2.05, 4.69) is 0 Å². The summed E-state index contributed by atoms with van der Waals surface area (Å²) in [7, 11) is -3.64. The van der Waals surface area contributed by atoms with Crippen molar-refractivity contribution in [2.24, 2.45) is 5.92 Å². The molecule has 0 radical (unpaired) electrons. The second-order valence-corrected chi connectivity index (χ2v) is 9.06. The van der Waals surface area contributed by atoms with Crippen molar-refractivity contribution in [3.63, 3.8) is 0 Å². The number of rotatable bonds is 3. The van der Waals surface area contributed by atoms with Crippen LogP contribution in [0.1, 0.15) is 24.8 Å². The van der Waals surface area contributed by atoms with Crippen LogP contribution in [-0.2, 0) is 14.8 Å². The van der Waals surface area contributed by atoms with Crippen LogP contribution in [0.4, 0.5) is 0 Å². The number of nitrogens with zero attached hydrogens (tertiary/aromatic N) is 1. The molecule has 2 bridgehead atoms. The highest BCUT2D eigenvalue weighted by molar-refractivity contribution is 7.91. The largest absolute Gasteiger partial charge is 0.481 e. The standard InChI is InChI=1S/C12H14ClNO4S2/c1-6-4-10(19-11(6)13)20(17,18)14-7-2-3-9(14)8(5-7)12(15)16/h4,7-9H,2-3,5H2,1H3,(H,15,16)/t7-,8-,9-/m0/s1. The van der Waals surface area contributed by atoms with Crippen molar-refractivity contribution in [3.8, 4) is 0 Å². The number of halogens is 1. The molecular formula is C12H14ClNO4S2. The van der Waals surface area contributed by atoms with Gasteiger partial charge in [-0.2, -0.15) is 4.31 Å². The van der Waals surface area contributed by atoms with Gasteiger partial charge in [-0.3, -0.25) is 4.79 Å². The Morgan fingerprint density at radius 2 is 2.20 bits per heavy atom. The Labute approximate surface area is 126 Å². The second-order valence-electron chi connectivity index (χ2n) is 5.34. The highest BCUT2D eigenvalue weighted by atomic mass is 35.5. The van der Waals surface area contributed by atoms with Crippen molar-refractivity contribution in [1.82, 2.24) is 4.31 Å². The van der Waals surface area contributed by atoms with Gasteiger partial charge in [0.1, 0.15) is 4.21 Å². The molecule has 0 spiro atoms. The van der Waals surface area contributed by atoms with Crippen molar-refractivity contribution in [2.75, 3.05) is 0 Å². The van der Waals surface area contributed by atoms with Crippen LogP contribution in [0.3, 0.4) is 0 Å². The van der Waals surface area contributed by atoms with Gasteiger partial charge in [0.2, 0.25) is 0 Å². The second kappa shape index (κ2) is 4.69. The highest BCUT2D eigenvalue weighted by Crippen LogP contribution is 2.46. The van der Waals surface area contributed by atoms with Crippen LogP contribution < -0.4 is 0 Å². The van der Waals surface area contributed by atoms with Crippen molar-refractivity contribution >= 4 is 38.9 Å². The fourth-order valence-electron chi connectivity index (χ4n) is 3.24. The third-order valence-corrected chi connectivity index (χ3v) is 8.14. The van der Waals surface area contributed by atoms with Crippen LogP contribution in [0.15, 0.2) is 10.3 Å². The molecule has 2 aliphatic heterocycles. The molecule has 1 aromatic heterocycles. The zero-order valence-corrected chi connectivity index (χ0v) is 13.1. The first kappa shape index (κ1) is 14.3. The Hall–Kier alpha value is -0.630. The molecule has 20 heavy (non-hydrogen) atoms. The number of aryl methyl sites for hydroxylation is 1. The first-order chi connectivity index (χ1) is 9.32. The molecule has 0 aliphatic carbocycles. The fraction of sp³-hybridized carbons (Fsp3) is 0.583. The van der Waals surface area contributed by atoms with Gasteiger partial charge in [0.05, 0.1) is 10.3 Å². The van der Waals surface area contributed by atoms with E-state index in [1.165, 1.54) is 4.31 Å². The predicted molar refractivity (Wildman–Crippen MR) is 75.6 cm³/mol. The number of aliphatic carboxylic acids is 1. The van der Waals surface area contributed by atoms with Crippen molar-refractivity contribution in [1.29, 1.82) is 0 Å². The van der Waals surface area contributed by atoms with Crippen molar-refractivity contribution in [2.45, 2.75) is 42.5 Å². The van der Waals surface area contributed by atoms with Gasteiger partial charge in [0, 0.05) is 12.1 Å². The van der Waals surface area contributed by atoms with Crippen molar-refractivity contribution in [3.05, 3.63) is 16.0 Å². The van der Waals surface area contributed by atoms with E-state index in [1.807, 2.05) is 0 Å². The molecular weight excluding hydrogens is 322 g/mol. The van der Waals surface area contributed by atoms with E-state index in [-0.39, 0.29) is 10.3 Å². The molecule has 2 aliphatic rings. The van der Waals surface area contributed by atoms with E-state index in [0.717, 1.165) is 23.3 Å². The third kappa shape index (κ3) is 1.99. The molecule has 110 valence electrons. The SMILES string of the molecule is Cc1cc(S(=O)(=O)N2[C@H]3CC[C@H]2[C@@H](C(=O)O)C3)sc1Cl. The molecule has 1 N–H and O–H groups in total. The Morgan fingerprint density at radius 3 is 2.70 bits per heavy atom. The minimum atomic E-state index is -3.64. The Bertz CT molecular complexity index is 649. The molecule has 2 saturated heterocycles. The lowest BCUT2D eigenvalue weighted by Crippen LogP contribution is -2.37. The van der Waals surface area contributed by atoms with Gasteiger partial charge in [-0.25, -0.2) is 8.42 Å². The normalized spacial score (nSPS) is 30.0. The monoisotopic (exact) mass is 335 g/mol. The zero-order valence-electron chi connectivity index (χ0n) is 10.7. The van der Waals surface area contributed by atoms with Gasteiger partial charge in [0.15, 0.2) is 0 Å². The molecule has 3 atom stereocenters. The lowest BCUT2D eigenvalue weighted by atomic mass is 9.89. The quantitative estimate of drug-likeness (QED) is 0.920. The van der Waals surface area contributed by atoms with E-state index >= 15 is 0 Å². The molecule has 8 heteroatoms. The molecule has 5 nitrogen and oxygen atoms in total. The van der Waals surface area contributed by atoms with E-state index in [9.17, 15) is 18.3 Å². The van der Waals surface area contributed by atoms with Crippen molar-refractivity contribution < 1.29 is 18.3 Å². The Balaban J connectivity index is 1.99. The first-order valence-corrected chi connectivity index (χ1v) is 8.98. The van der Waals surface area contributed by atoms with E-state index in [1.54, 1.807) is 13.0 Å². The van der Waals surface area contributed by atoms with E-state index < -0.39 is 28.0 Å². The van der Waals surface area contributed by atoms with E-state index in [0.29, 0.717) is 17.2 Å². The summed E-state index contributed by atoms with van der Waals surface area (Å²) in [5.74, 6) is -1.49. The topological polar surface area (TPSA) is 74.7 Å². The summed E-state index contributed by atoms with van der Waals surface area (Å²) in [5.41, 5.74) is 0.733. The van der Waals surface area contributed by atoms with Gasteiger partial charge in [-0.1, -0.05) is 11.6 Å². The number of hydrogen-bond acceptors (Lipinski definition) is 4. The molecule has 2 fully saturated rings. The number of thiophene rings is 1. The summed E-state index contributed by atoms with van der Waals surface area (Å²) >= 11 is 6.99. The number of hydrogen-bond donors (Lipinski definition) is 1. The minimum absolute atomic E-state index is 0.188. The average molecular weight is 336 g/mol. The first-order valence-electron chi connectivity index (χ1n) is 6.34. The number of sulfonamides is 1. The van der Waals surface area contributed by atoms with Crippen LogP contribution in [-0.4, -0.2) is 35.9 Å². The van der Waals surface area contributed by atoms with Gasteiger partial charge in [0.25, 0.3) is 10.0 Å².